The third-order valence-electron chi connectivity index (χ3n) is 2.70. The number of morpholine rings is 1. The van der Waals surface area contributed by atoms with Gasteiger partial charge < -0.3 is 19.9 Å². The molecule has 1 atom stereocenters. The van der Waals surface area contributed by atoms with Crippen LogP contribution in [-0.2, 0) is 22.6 Å². The van der Waals surface area contributed by atoms with Crippen LogP contribution in [0, 0.1) is 0 Å². The molecule has 0 aromatic carbocycles. The van der Waals surface area contributed by atoms with E-state index in [1.807, 2.05) is 11.5 Å². The van der Waals surface area contributed by atoms with Gasteiger partial charge in [-0.15, -0.1) is 10.2 Å². The number of hydrogen-bond donors (Lipinski definition) is 2. The average Bonchev–Trinajstić information content (AvgIpc) is 2.84. The zero-order chi connectivity index (χ0) is 12.1. The van der Waals surface area contributed by atoms with Crippen molar-refractivity contribution in [3.8, 4) is 0 Å². The number of ether oxygens (including phenoxy) is 1. The van der Waals surface area contributed by atoms with E-state index in [4.69, 9.17) is 4.74 Å². The van der Waals surface area contributed by atoms with Crippen molar-refractivity contribution in [3.63, 3.8) is 0 Å². The number of nitrogens with zero attached hydrogens (tertiary/aromatic N) is 3. The van der Waals surface area contributed by atoms with Gasteiger partial charge in [0.05, 0.1) is 19.8 Å². The molecule has 2 heterocycles. The summed E-state index contributed by atoms with van der Waals surface area (Å²) in [6, 6.07) is -0.262. The highest BCUT2D eigenvalue weighted by molar-refractivity contribution is 5.81. The first-order valence-corrected chi connectivity index (χ1v) is 5.76. The molecule has 1 aromatic rings. The largest absolute Gasteiger partial charge is 0.378 e. The van der Waals surface area contributed by atoms with Crippen molar-refractivity contribution in [1.29, 1.82) is 0 Å². The molecule has 0 aliphatic carbocycles. The van der Waals surface area contributed by atoms with Crippen LogP contribution in [0.2, 0.25) is 0 Å². The molecule has 2 rings (SSSR count). The van der Waals surface area contributed by atoms with Crippen molar-refractivity contribution in [3.05, 3.63) is 12.2 Å². The summed E-state index contributed by atoms with van der Waals surface area (Å²) in [7, 11) is 0. The first-order valence-electron chi connectivity index (χ1n) is 5.76. The third kappa shape index (κ3) is 3.01. The molecule has 1 aliphatic heterocycles. The zero-order valence-corrected chi connectivity index (χ0v) is 9.85. The highest BCUT2D eigenvalue weighted by atomic mass is 16.5. The third-order valence-corrected chi connectivity index (χ3v) is 2.70. The maximum Gasteiger partial charge on any atom is 0.239 e. The molecule has 1 saturated heterocycles. The molecule has 0 saturated carbocycles. The fourth-order valence-electron chi connectivity index (χ4n) is 1.70. The van der Waals surface area contributed by atoms with Crippen LogP contribution in [0.15, 0.2) is 6.33 Å². The normalized spacial score (nSPS) is 20.2. The molecule has 0 bridgehead atoms. The summed E-state index contributed by atoms with van der Waals surface area (Å²) in [6.45, 7) is 4.99. The molecule has 7 nitrogen and oxygen atoms in total. The van der Waals surface area contributed by atoms with Crippen LogP contribution >= 0.6 is 0 Å². The van der Waals surface area contributed by atoms with E-state index < -0.39 is 0 Å². The standard InChI is InChI=1S/C10H17N5O2/c1-2-15-7-13-14-9(15)5-12-10(16)8-6-17-4-3-11-8/h7-8,11H,2-6H2,1H3,(H,12,16). The van der Waals surface area contributed by atoms with Crippen molar-refractivity contribution in [2.24, 2.45) is 0 Å². The second kappa shape index (κ2) is 5.74. The van der Waals surface area contributed by atoms with Gasteiger partial charge in [-0.05, 0) is 6.92 Å². The molecule has 1 amide bonds. The molecular formula is C10H17N5O2. The monoisotopic (exact) mass is 239 g/mol. The predicted octanol–water partition coefficient (Wildman–Crippen LogP) is -1.10. The second-order valence-electron chi connectivity index (χ2n) is 3.83. The second-order valence-corrected chi connectivity index (χ2v) is 3.83. The molecule has 0 spiro atoms. The summed E-state index contributed by atoms with van der Waals surface area (Å²) in [6.07, 6.45) is 1.66. The van der Waals surface area contributed by atoms with Crippen LogP contribution in [0.25, 0.3) is 0 Å². The first-order chi connectivity index (χ1) is 8.31. The minimum absolute atomic E-state index is 0.0599. The molecular weight excluding hydrogens is 222 g/mol. The number of carbonyl (C=O) groups is 1. The van der Waals surface area contributed by atoms with Gasteiger partial charge in [-0.1, -0.05) is 0 Å². The summed E-state index contributed by atoms with van der Waals surface area (Å²) >= 11 is 0. The van der Waals surface area contributed by atoms with Gasteiger partial charge in [-0.3, -0.25) is 4.79 Å². The Morgan fingerprint density at radius 3 is 3.35 bits per heavy atom. The topological polar surface area (TPSA) is 81.1 Å². The van der Waals surface area contributed by atoms with Gasteiger partial charge in [0.1, 0.15) is 12.4 Å². The smallest absolute Gasteiger partial charge is 0.239 e. The summed E-state index contributed by atoms with van der Waals surface area (Å²) in [5, 5.41) is 13.7. The van der Waals surface area contributed by atoms with E-state index in [2.05, 4.69) is 20.8 Å². The lowest BCUT2D eigenvalue weighted by atomic mass is 10.2. The molecule has 7 heteroatoms. The van der Waals surface area contributed by atoms with Crippen molar-refractivity contribution in [2.75, 3.05) is 19.8 Å². The van der Waals surface area contributed by atoms with Crippen LogP contribution in [0.1, 0.15) is 12.7 Å². The maximum absolute atomic E-state index is 11.8. The quantitative estimate of drug-likeness (QED) is 0.697. The van der Waals surface area contributed by atoms with Gasteiger partial charge in [0.25, 0.3) is 0 Å². The number of nitrogens with one attached hydrogen (secondary N) is 2. The number of rotatable bonds is 4. The molecule has 94 valence electrons. The zero-order valence-electron chi connectivity index (χ0n) is 9.85. The molecule has 0 radical (unpaired) electrons. The Balaban J connectivity index is 1.83. The maximum atomic E-state index is 11.8. The van der Waals surface area contributed by atoms with Crippen LogP contribution < -0.4 is 10.6 Å². The van der Waals surface area contributed by atoms with Gasteiger partial charge in [0, 0.05) is 13.1 Å². The van der Waals surface area contributed by atoms with Crippen molar-refractivity contribution < 1.29 is 9.53 Å². The average molecular weight is 239 g/mol. The van der Waals surface area contributed by atoms with E-state index in [-0.39, 0.29) is 11.9 Å². The van der Waals surface area contributed by atoms with Crippen LogP contribution in [0.3, 0.4) is 0 Å². The van der Waals surface area contributed by atoms with E-state index in [0.717, 1.165) is 12.4 Å². The predicted molar refractivity (Wildman–Crippen MR) is 60.2 cm³/mol. The SMILES string of the molecule is CCn1cnnc1CNC(=O)C1COCCN1. The highest BCUT2D eigenvalue weighted by Gasteiger charge is 2.21. The van der Waals surface area contributed by atoms with Crippen LogP contribution in [0.4, 0.5) is 0 Å². The Morgan fingerprint density at radius 1 is 1.76 bits per heavy atom. The van der Waals surface area contributed by atoms with Crippen molar-refractivity contribution in [1.82, 2.24) is 25.4 Å². The minimum Gasteiger partial charge on any atom is -0.378 e. The first kappa shape index (κ1) is 12.0. The Kier molecular flexibility index (Phi) is 4.05. The molecule has 2 N–H and O–H groups in total. The molecule has 1 fully saturated rings. The minimum atomic E-state index is -0.262. The number of aromatic nitrogens is 3. The van der Waals surface area contributed by atoms with Gasteiger partial charge in [0.2, 0.25) is 5.91 Å². The molecule has 1 unspecified atom stereocenters. The Bertz CT molecular complexity index is 373. The number of aryl methyl sites for hydroxylation is 1. The highest BCUT2D eigenvalue weighted by Crippen LogP contribution is 1.96. The van der Waals surface area contributed by atoms with E-state index in [1.54, 1.807) is 6.33 Å². The number of hydrogen-bond acceptors (Lipinski definition) is 5. The molecule has 1 aromatic heterocycles. The Morgan fingerprint density at radius 2 is 2.65 bits per heavy atom. The summed E-state index contributed by atoms with van der Waals surface area (Å²) in [5.41, 5.74) is 0. The number of amides is 1. The lowest BCUT2D eigenvalue weighted by Crippen LogP contribution is -2.51. The van der Waals surface area contributed by atoms with Crippen LogP contribution in [-0.4, -0.2) is 46.5 Å². The lowest BCUT2D eigenvalue weighted by molar-refractivity contribution is -0.126. The van der Waals surface area contributed by atoms with E-state index >= 15 is 0 Å². The Hall–Kier alpha value is -1.47. The van der Waals surface area contributed by atoms with Crippen molar-refractivity contribution in [2.45, 2.75) is 26.1 Å². The molecule has 1 aliphatic rings. The summed E-state index contributed by atoms with van der Waals surface area (Å²) in [5.74, 6) is 0.702. The van der Waals surface area contributed by atoms with Crippen molar-refractivity contribution >= 4 is 5.91 Å². The van der Waals surface area contributed by atoms with E-state index in [9.17, 15) is 4.79 Å². The van der Waals surface area contributed by atoms with E-state index in [1.165, 1.54) is 0 Å². The van der Waals surface area contributed by atoms with E-state index in [0.29, 0.717) is 26.3 Å². The van der Waals surface area contributed by atoms with Gasteiger partial charge in [0.15, 0.2) is 5.82 Å². The van der Waals surface area contributed by atoms with Gasteiger partial charge in [-0.2, -0.15) is 0 Å². The van der Waals surface area contributed by atoms with Gasteiger partial charge >= 0.3 is 0 Å². The summed E-state index contributed by atoms with van der Waals surface area (Å²) in [4.78, 5) is 11.8. The van der Waals surface area contributed by atoms with Gasteiger partial charge in [-0.25, -0.2) is 0 Å². The summed E-state index contributed by atoms with van der Waals surface area (Å²) < 4.78 is 7.12. The Labute approximate surface area is 99.5 Å². The lowest BCUT2D eigenvalue weighted by Gasteiger charge is -2.22. The fraction of sp³-hybridized carbons (Fsp3) is 0.700. The number of carbonyl (C=O) groups excluding carboxylic acids is 1. The molecule has 17 heavy (non-hydrogen) atoms. The van der Waals surface area contributed by atoms with Crippen LogP contribution in [0.5, 0.6) is 0 Å². The fourth-order valence-corrected chi connectivity index (χ4v) is 1.70.